The van der Waals surface area contributed by atoms with Crippen molar-refractivity contribution in [2.45, 2.75) is 144 Å². The molecular formula is C33H56O8. The van der Waals surface area contributed by atoms with Gasteiger partial charge in [-0.1, -0.05) is 72.6 Å². The summed E-state index contributed by atoms with van der Waals surface area (Å²) < 4.78 is 6.60. The fourth-order valence-corrected chi connectivity index (χ4v) is 5.54. The van der Waals surface area contributed by atoms with Crippen LogP contribution in [0.25, 0.3) is 0 Å². The molecule has 4 unspecified atom stereocenters. The number of aliphatic hydroxyl groups excluding tert-OH is 2. The van der Waals surface area contributed by atoms with Crippen LogP contribution in [0.3, 0.4) is 0 Å². The SMILES string of the molecule is Cc1c(C)c2c(c(C)c1O)CC[C@@](C)(CCCC(C)CCCC(C)CCCC(C)C)O2.O=C(O)C(O)C(O)C(=O)O. The van der Waals surface area contributed by atoms with Crippen LogP contribution >= 0.6 is 0 Å². The number of rotatable bonds is 15. The maximum absolute atomic E-state index is 10.4. The van der Waals surface area contributed by atoms with Crippen molar-refractivity contribution in [1.29, 1.82) is 0 Å². The van der Waals surface area contributed by atoms with E-state index in [-0.39, 0.29) is 5.60 Å². The van der Waals surface area contributed by atoms with E-state index in [0.717, 1.165) is 59.5 Å². The Hall–Kier alpha value is -2.32. The normalized spacial score (nSPS) is 19.3. The molecule has 8 nitrogen and oxygen atoms in total. The van der Waals surface area contributed by atoms with E-state index in [2.05, 4.69) is 41.5 Å². The van der Waals surface area contributed by atoms with Gasteiger partial charge in [-0.3, -0.25) is 0 Å². The number of phenolic OH excluding ortho intramolecular Hbond substituents is 1. The molecule has 0 spiro atoms. The minimum absolute atomic E-state index is 0.0712. The van der Waals surface area contributed by atoms with Crippen molar-refractivity contribution < 1.29 is 39.9 Å². The minimum atomic E-state index is -2.27. The summed E-state index contributed by atoms with van der Waals surface area (Å²) in [5.41, 5.74) is 4.23. The van der Waals surface area contributed by atoms with Gasteiger partial charge in [-0.2, -0.15) is 0 Å². The average molecular weight is 581 g/mol. The minimum Gasteiger partial charge on any atom is -0.507 e. The van der Waals surface area contributed by atoms with Crippen molar-refractivity contribution in [3.8, 4) is 11.5 Å². The van der Waals surface area contributed by atoms with E-state index in [1.165, 1.54) is 56.9 Å². The number of benzene rings is 1. The lowest BCUT2D eigenvalue weighted by molar-refractivity contribution is -0.165. The van der Waals surface area contributed by atoms with E-state index in [9.17, 15) is 14.7 Å². The second-order valence-electron chi connectivity index (χ2n) is 13.0. The van der Waals surface area contributed by atoms with Gasteiger partial charge in [0, 0.05) is 5.56 Å². The smallest absolute Gasteiger partial charge is 0.335 e. The van der Waals surface area contributed by atoms with Gasteiger partial charge in [-0.25, -0.2) is 9.59 Å². The number of phenols is 1. The van der Waals surface area contributed by atoms with Crippen molar-refractivity contribution >= 4 is 11.9 Å². The quantitative estimate of drug-likeness (QED) is 0.154. The molecule has 1 aliphatic rings. The number of hydrogen-bond donors (Lipinski definition) is 5. The van der Waals surface area contributed by atoms with E-state index in [0.29, 0.717) is 5.75 Å². The number of carboxylic acids is 2. The molecular weight excluding hydrogens is 524 g/mol. The van der Waals surface area contributed by atoms with E-state index in [1.807, 2.05) is 13.8 Å². The van der Waals surface area contributed by atoms with Crippen LogP contribution < -0.4 is 4.74 Å². The van der Waals surface area contributed by atoms with Gasteiger partial charge >= 0.3 is 11.9 Å². The number of aliphatic hydroxyl groups is 2. The third-order valence-corrected chi connectivity index (χ3v) is 8.67. The van der Waals surface area contributed by atoms with E-state index in [4.69, 9.17) is 25.2 Å². The number of hydrogen-bond acceptors (Lipinski definition) is 6. The molecule has 0 saturated heterocycles. The summed E-state index contributed by atoms with van der Waals surface area (Å²) in [6, 6.07) is 0. The van der Waals surface area contributed by atoms with Crippen LogP contribution in [0.4, 0.5) is 0 Å². The Morgan fingerprint density at radius 3 is 1.71 bits per heavy atom. The van der Waals surface area contributed by atoms with Crippen molar-refractivity contribution in [3.63, 3.8) is 0 Å². The van der Waals surface area contributed by atoms with E-state index >= 15 is 0 Å². The summed E-state index contributed by atoms with van der Waals surface area (Å²) in [4.78, 5) is 19.5. The predicted molar refractivity (Wildman–Crippen MR) is 162 cm³/mol. The number of ether oxygens (including phenoxy) is 1. The summed E-state index contributed by atoms with van der Waals surface area (Å²) >= 11 is 0. The predicted octanol–water partition coefficient (Wildman–Crippen LogP) is 6.72. The summed E-state index contributed by atoms with van der Waals surface area (Å²) in [5.74, 6) is 0.498. The van der Waals surface area contributed by atoms with Crippen LogP contribution in [-0.2, 0) is 16.0 Å². The first-order valence-electron chi connectivity index (χ1n) is 15.3. The highest BCUT2D eigenvalue weighted by Crippen LogP contribution is 2.44. The molecule has 0 amide bonds. The molecule has 0 saturated carbocycles. The zero-order chi connectivity index (χ0) is 31.5. The lowest BCUT2D eigenvalue weighted by Crippen LogP contribution is -2.39. The van der Waals surface area contributed by atoms with Crippen LogP contribution in [0.1, 0.15) is 121 Å². The van der Waals surface area contributed by atoms with Gasteiger partial charge in [0.15, 0.2) is 12.2 Å². The summed E-state index contributed by atoms with van der Waals surface area (Å²) in [6.45, 7) is 17.9. The van der Waals surface area contributed by atoms with Gasteiger partial charge < -0.3 is 30.3 Å². The Morgan fingerprint density at radius 1 is 0.780 bits per heavy atom. The molecule has 1 aliphatic heterocycles. The maximum atomic E-state index is 10.4. The van der Waals surface area contributed by atoms with E-state index < -0.39 is 24.1 Å². The molecule has 41 heavy (non-hydrogen) atoms. The highest BCUT2D eigenvalue weighted by Gasteiger charge is 2.34. The number of carbonyl (C=O) groups is 2. The van der Waals surface area contributed by atoms with Crippen LogP contribution in [0.5, 0.6) is 11.5 Å². The molecule has 2 rings (SSSR count). The Bertz CT molecular complexity index is 970. The number of aliphatic carboxylic acids is 2. The molecule has 236 valence electrons. The van der Waals surface area contributed by atoms with Gasteiger partial charge in [0.2, 0.25) is 0 Å². The molecule has 0 bridgehead atoms. The molecule has 5 N–H and O–H groups in total. The standard InChI is InChI=1S/C29H50O2.C4H6O6/c1-20(2)12-9-13-21(3)14-10-15-22(4)16-11-18-29(8)19-17-26-25(7)27(30)23(5)24(6)28(26)31-29;5-1(3(7)8)2(6)4(9)10/h20-22,30H,9-19H2,1-8H3;1-2,5-6H,(H,7,8)(H,9,10)/t21?,22?,29-;/m1./s1. The molecule has 0 aromatic heterocycles. The molecule has 5 atom stereocenters. The Morgan fingerprint density at radius 2 is 1.24 bits per heavy atom. The van der Waals surface area contributed by atoms with Crippen LogP contribution in [0.15, 0.2) is 0 Å². The fraction of sp³-hybridized carbons (Fsp3) is 0.758. The first kappa shape index (κ1) is 36.7. The topological polar surface area (TPSA) is 145 Å². The van der Waals surface area contributed by atoms with Gasteiger partial charge in [0.1, 0.15) is 17.1 Å². The van der Waals surface area contributed by atoms with Crippen molar-refractivity contribution in [3.05, 3.63) is 22.3 Å². The maximum Gasteiger partial charge on any atom is 0.335 e. The van der Waals surface area contributed by atoms with Gasteiger partial charge in [0.05, 0.1) is 0 Å². The molecule has 1 heterocycles. The second kappa shape index (κ2) is 17.0. The summed E-state index contributed by atoms with van der Waals surface area (Å²) in [7, 11) is 0. The molecule has 0 radical (unpaired) electrons. The van der Waals surface area contributed by atoms with Gasteiger partial charge in [0.25, 0.3) is 0 Å². The summed E-state index contributed by atoms with van der Waals surface area (Å²) in [5, 5.41) is 42.9. The van der Waals surface area contributed by atoms with Crippen molar-refractivity contribution in [1.82, 2.24) is 0 Å². The average Bonchev–Trinajstić information content (AvgIpc) is 2.89. The zero-order valence-electron chi connectivity index (χ0n) is 26.6. The van der Waals surface area contributed by atoms with Crippen LogP contribution in [0.2, 0.25) is 0 Å². The number of carboxylic acid groups (broad SMARTS) is 2. The molecule has 1 aromatic rings. The Balaban J connectivity index is 0.000000716. The molecule has 0 fully saturated rings. The lowest BCUT2D eigenvalue weighted by Gasteiger charge is -2.38. The molecule has 8 heteroatoms. The Kier molecular flexibility index (Phi) is 15.2. The van der Waals surface area contributed by atoms with Crippen molar-refractivity contribution in [2.24, 2.45) is 17.8 Å². The van der Waals surface area contributed by atoms with Gasteiger partial charge in [-0.15, -0.1) is 0 Å². The lowest BCUT2D eigenvalue weighted by atomic mass is 9.84. The highest BCUT2D eigenvalue weighted by molar-refractivity contribution is 5.83. The van der Waals surface area contributed by atoms with Gasteiger partial charge in [-0.05, 0) is 87.8 Å². The van der Waals surface area contributed by atoms with Crippen LogP contribution in [0, 0.1) is 38.5 Å². The fourth-order valence-electron chi connectivity index (χ4n) is 5.54. The van der Waals surface area contributed by atoms with Crippen molar-refractivity contribution in [2.75, 3.05) is 0 Å². The molecule has 1 aromatic carbocycles. The first-order valence-corrected chi connectivity index (χ1v) is 15.3. The largest absolute Gasteiger partial charge is 0.507 e. The summed E-state index contributed by atoms with van der Waals surface area (Å²) in [6.07, 6.45) is 9.52. The Labute approximate surface area is 247 Å². The zero-order valence-corrected chi connectivity index (χ0v) is 26.6. The molecule has 0 aliphatic carbocycles. The third-order valence-electron chi connectivity index (χ3n) is 8.67. The number of fused-ring (bicyclic) bond motifs is 1. The number of aromatic hydroxyl groups is 1. The monoisotopic (exact) mass is 580 g/mol. The highest BCUT2D eigenvalue weighted by atomic mass is 16.5. The van der Waals surface area contributed by atoms with E-state index in [1.54, 1.807) is 0 Å². The second-order valence-corrected chi connectivity index (χ2v) is 13.0. The van der Waals surface area contributed by atoms with Crippen LogP contribution in [-0.4, -0.2) is 55.3 Å². The third kappa shape index (κ3) is 11.8. The first-order chi connectivity index (χ1) is 19.0.